The van der Waals surface area contributed by atoms with Crippen molar-refractivity contribution < 1.29 is 23.1 Å². The van der Waals surface area contributed by atoms with E-state index in [1.807, 2.05) is 0 Å². The van der Waals surface area contributed by atoms with Gasteiger partial charge in [-0.05, 0) is 87.9 Å². The van der Waals surface area contributed by atoms with Crippen LogP contribution in [0.4, 0.5) is 4.79 Å². The topological polar surface area (TPSA) is 189 Å². The number of hydrogen-bond acceptors (Lipinski definition) is 8. The number of nitrogens with two attached hydrogens (primary N) is 1. The van der Waals surface area contributed by atoms with E-state index in [9.17, 15) is 32.7 Å². The molecule has 0 aromatic carbocycles. The number of nitrogens with one attached hydrogen (secondary N) is 1. The molecule has 236 valence electrons. The fraction of sp³-hybridized carbons (Fsp3) is 0.759. The molecule has 0 unspecified atom stereocenters. The van der Waals surface area contributed by atoms with E-state index in [0.717, 1.165) is 19.3 Å². The zero-order valence-corrected chi connectivity index (χ0v) is 25.5. The average molecular weight is 619 g/mol. The van der Waals surface area contributed by atoms with Crippen molar-refractivity contribution in [1.82, 2.24) is 18.9 Å². The fourth-order valence-electron chi connectivity index (χ4n) is 8.43. The molecule has 3 heterocycles. The van der Waals surface area contributed by atoms with Crippen molar-refractivity contribution in [2.45, 2.75) is 95.2 Å². The number of likely N-dealkylation sites (N-methyl/N-ethyl adjacent to an activating group) is 1. The summed E-state index contributed by atoms with van der Waals surface area (Å²) in [5.74, 6) is -0.827. The van der Waals surface area contributed by atoms with E-state index < -0.39 is 44.4 Å². The normalized spacial score (nSPS) is 32.6. The van der Waals surface area contributed by atoms with Gasteiger partial charge in [-0.1, -0.05) is 6.42 Å². The summed E-state index contributed by atoms with van der Waals surface area (Å²) in [5.41, 5.74) is 2.86. The molecule has 0 bridgehead atoms. The first-order chi connectivity index (χ1) is 20.3. The third kappa shape index (κ3) is 4.89. The Morgan fingerprint density at radius 3 is 2.19 bits per heavy atom. The van der Waals surface area contributed by atoms with Crippen LogP contribution in [-0.2, 0) is 21.2 Å². The molecule has 43 heavy (non-hydrogen) atoms. The van der Waals surface area contributed by atoms with Crippen molar-refractivity contribution in [3.63, 3.8) is 0 Å². The first kappa shape index (κ1) is 29.9. The Balaban J connectivity index is 1.20. The van der Waals surface area contributed by atoms with Crippen LogP contribution >= 0.6 is 0 Å². The molecule has 5 fully saturated rings. The highest BCUT2D eigenvalue weighted by Crippen LogP contribution is 2.62. The fourth-order valence-corrected chi connectivity index (χ4v) is 9.93. The number of amides is 3. The first-order valence-electron chi connectivity index (χ1n) is 15.5. The third-order valence-electron chi connectivity index (χ3n) is 11.1. The Labute approximate surface area is 250 Å². The second-order valence-electron chi connectivity index (χ2n) is 13.8. The van der Waals surface area contributed by atoms with E-state index in [4.69, 9.17) is 11.1 Å². The molecule has 1 aromatic rings. The summed E-state index contributed by atoms with van der Waals surface area (Å²) in [6.45, 7) is 0.636. The highest BCUT2D eigenvalue weighted by atomic mass is 32.2. The lowest BCUT2D eigenvalue weighted by Crippen LogP contribution is -2.64. The quantitative estimate of drug-likeness (QED) is 0.243. The Kier molecular flexibility index (Phi) is 7.29. The van der Waals surface area contributed by atoms with Crippen LogP contribution in [0.15, 0.2) is 9.59 Å². The van der Waals surface area contributed by atoms with Crippen LogP contribution in [0, 0.1) is 22.7 Å². The van der Waals surface area contributed by atoms with Gasteiger partial charge in [0.05, 0.1) is 11.5 Å². The molecule has 3 amide bonds. The number of hydrogen-bond donors (Lipinski definition) is 3. The van der Waals surface area contributed by atoms with Gasteiger partial charge < -0.3 is 15.7 Å². The van der Waals surface area contributed by atoms with Crippen LogP contribution in [0.25, 0.3) is 0 Å². The summed E-state index contributed by atoms with van der Waals surface area (Å²) >= 11 is 0. The van der Waals surface area contributed by atoms with Gasteiger partial charge in [-0.3, -0.25) is 29.0 Å². The van der Waals surface area contributed by atoms with E-state index in [0.29, 0.717) is 64.3 Å². The molecule has 1 aromatic heterocycles. The number of sulfone groups is 1. The Morgan fingerprint density at radius 2 is 1.58 bits per heavy atom. The van der Waals surface area contributed by atoms with Crippen LogP contribution in [0.2, 0.25) is 0 Å². The molecular weight excluding hydrogens is 576 g/mol. The zero-order valence-electron chi connectivity index (χ0n) is 24.7. The van der Waals surface area contributed by atoms with E-state index >= 15 is 0 Å². The maximum atomic E-state index is 13.5. The second-order valence-corrected chi connectivity index (χ2v) is 16.1. The molecule has 5 aliphatic rings. The minimum absolute atomic E-state index is 0.0173. The molecular formula is C29H42N6O7S. The van der Waals surface area contributed by atoms with Gasteiger partial charge in [-0.2, -0.15) is 0 Å². The van der Waals surface area contributed by atoms with Gasteiger partial charge >= 0.3 is 11.7 Å². The maximum Gasteiger partial charge on any atom is 0.334 e. The Hall–Kier alpha value is -3.16. The molecule has 1 atom stereocenters. The van der Waals surface area contributed by atoms with Gasteiger partial charge in [0.15, 0.2) is 0 Å². The number of carbonyl (C=O) groups is 2. The molecule has 4 N–H and O–H groups in total. The summed E-state index contributed by atoms with van der Waals surface area (Å²) < 4.78 is 26.6. The van der Waals surface area contributed by atoms with E-state index in [1.165, 1.54) is 21.1 Å². The van der Waals surface area contributed by atoms with Crippen molar-refractivity contribution in [2.24, 2.45) is 23.0 Å². The zero-order chi connectivity index (χ0) is 30.9. The van der Waals surface area contributed by atoms with Crippen molar-refractivity contribution in [3.05, 3.63) is 26.4 Å². The first-order valence-corrected chi connectivity index (χ1v) is 17.3. The monoisotopic (exact) mass is 618 g/mol. The lowest BCUT2D eigenvalue weighted by Gasteiger charge is -2.58. The van der Waals surface area contributed by atoms with Crippen LogP contribution in [0.3, 0.4) is 0 Å². The standard InChI is InChI=1S/C29H42N6O7S/c1-32-25(38)29(34(26(32)39)15-19-6-3-12-43(41,42)13-9-19)16-28(17-29)10-7-20(8-11-28)35-24(37)21(22(30)31)23(36)33(27(35)40)14-18-4-2-5-18/h18-20,36H,2-17H2,1H3,(H3,30,31)/t19-,20?,28?,29?/m0/s1. The van der Waals surface area contributed by atoms with Gasteiger partial charge in [-0.25, -0.2) is 18.0 Å². The summed E-state index contributed by atoms with van der Waals surface area (Å²) in [6.07, 6.45) is 7.99. The highest BCUT2D eigenvalue weighted by Gasteiger charge is 2.68. The Morgan fingerprint density at radius 1 is 0.953 bits per heavy atom. The smallest absolute Gasteiger partial charge is 0.334 e. The molecule has 2 aliphatic heterocycles. The van der Waals surface area contributed by atoms with Crippen LogP contribution in [-0.4, -0.2) is 80.9 Å². The van der Waals surface area contributed by atoms with Gasteiger partial charge in [0.2, 0.25) is 5.88 Å². The predicted octanol–water partition coefficient (Wildman–Crippen LogP) is 1.54. The van der Waals surface area contributed by atoms with Crippen LogP contribution in [0.5, 0.6) is 5.88 Å². The summed E-state index contributed by atoms with van der Waals surface area (Å²) in [4.78, 5) is 56.5. The van der Waals surface area contributed by atoms with Crippen LogP contribution < -0.4 is 17.0 Å². The summed E-state index contributed by atoms with van der Waals surface area (Å²) in [5, 5.41) is 18.7. The molecule has 0 radical (unpaired) electrons. The molecule has 14 heteroatoms. The molecule has 2 saturated heterocycles. The predicted molar refractivity (Wildman–Crippen MR) is 158 cm³/mol. The van der Waals surface area contributed by atoms with Gasteiger partial charge in [0, 0.05) is 26.2 Å². The number of amidine groups is 1. The number of imide groups is 1. The largest absolute Gasteiger partial charge is 0.494 e. The van der Waals surface area contributed by atoms with Crippen LogP contribution in [0.1, 0.15) is 88.7 Å². The highest BCUT2D eigenvalue weighted by molar-refractivity contribution is 7.91. The summed E-state index contributed by atoms with van der Waals surface area (Å²) in [6, 6.07) is -0.763. The molecule has 2 spiro atoms. The van der Waals surface area contributed by atoms with Gasteiger partial charge in [-0.15, -0.1) is 0 Å². The van der Waals surface area contributed by atoms with Crippen molar-refractivity contribution >= 4 is 27.6 Å². The molecule has 13 nitrogen and oxygen atoms in total. The Bertz CT molecular complexity index is 1580. The lowest BCUT2D eigenvalue weighted by molar-refractivity contribution is -0.150. The van der Waals surface area contributed by atoms with E-state index in [-0.39, 0.29) is 52.8 Å². The number of aromatic nitrogens is 2. The van der Waals surface area contributed by atoms with E-state index in [2.05, 4.69) is 0 Å². The number of carbonyl (C=O) groups excluding carboxylic acids is 2. The van der Waals surface area contributed by atoms with Crippen molar-refractivity contribution in [1.29, 1.82) is 5.41 Å². The van der Waals surface area contributed by atoms with Gasteiger partial charge in [0.25, 0.3) is 11.5 Å². The minimum Gasteiger partial charge on any atom is -0.494 e. The number of urea groups is 1. The van der Waals surface area contributed by atoms with Gasteiger partial charge in [0.1, 0.15) is 26.8 Å². The maximum absolute atomic E-state index is 13.5. The third-order valence-corrected chi connectivity index (χ3v) is 12.9. The second kappa shape index (κ2) is 10.5. The number of nitrogens with zero attached hydrogens (tertiary/aromatic N) is 4. The summed E-state index contributed by atoms with van der Waals surface area (Å²) in [7, 11) is -1.57. The SMILES string of the molecule is CN1C(=O)N(C[C@H]2CCCS(=O)(=O)CC2)C2(CC3(CCC(n4c(=O)c(C(=N)N)c(O)n(CC5CCC5)c4=O)CC3)C2)C1=O. The molecule has 3 saturated carbocycles. The number of aromatic hydroxyl groups is 1. The molecule has 3 aliphatic carbocycles. The average Bonchev–Trinajstić information content (AvgIpc) is 3.00. The number of rotatable bonds is 6. The van der Waals surface area contributed by atoms with Crippen molar-refractivity contribution in [3.8, 4) is 5.88 Å². The number of nitrogen functional groups attached to an aromatic ring is 1. The lowest BCUT2D eigenvalue weighted by atomic mass is 9.51. The van der Waals surface area contributed by atoms with Crippen molar-refractivity contribution in [2.75, 3.05) is 25.1 Å². The van der Waals surface area contributed by atoms with E-state index in [1.54, 1.807) is 4.90 Å². The molecule has 6 rings (SSSR count). The minimum atomic E-state index is -3.08.